The molecule has 1 aromatic rings. The van der Waals surface area contributed by atoms with Gasteiger partial charge in [-0.25, -0.2) is 0 Å². The van der Waals surface area contributed by atoms with E-state index in [2.05, 4.69) is 22.3 Å². The second-order valence-corrected chi connectivity index (χ2v) is 5.47. The minimum absolute atomic E-state index is 0.0179. The molecule has 0 bridgehead atoms. The van der Waals surface area contributed by atoms with Crippen molar-refractivity contribution < 1.29 is 9.59 Å². The lowest BCUT2D eigenvalue weighted by Crippen LogP contribution is -2.45. The molecule has 106 valence electrons. The van der Waals surface area contributed by atoms with Gasteiger partial charge in [0.2, 0.25) is 11.8 Å². The van der Waals surface area contributed by atoms with Crippen molar-refractivity contribution in [1.29, 1.82) is 0 Å². The Morgan fingerprint density at radius 3 is 2.85 bits per heavy atom. The van der Waals surface area contributed by atoms with Crippen molar-refractivity contribution in [2.45, 2.75) is 25.4 Å². The van der Waals surface area contributed by atoms with Crippen LogP contribution in [0.2, 0.25) is 0 Å². The van der Waals surface area contributed by atoms with Gasteiger partial charge >= 0.3 is 0 Å². The van der Waals surface area contributed by atoms with Crippen LogP contribution in [0.1, 0.15) is 18.4 Å². The fraction of sp³-hybridized carbons (Fsp3) is 0.467. The molecule has 0 spiro atoms. The molecular weight excluding hydrogens is 254 g/mol. The number of rotatable bonds is 1. The fourth-order valence-electron chi connectivity index (χ4n) is 2.90. The van der Waals surface area contributed by atoms with Gasteiger partial charge in [-0.15, -0.1) is 0 Å². The highest BCUT2D eigenvalue weighted by Crippen LogP contribution is 2.24. The molecule has 1 aromatic carbocycles. The molecule has 2 amide bonds. The lowest BCUT2D eigenvalue weighted by Gasteiger charge is -2.24. The van der Waals surface area contributed by atoms with E-state index in [1.165, 1.54) is 5.69 Å². The Bertz CT molecular complexity index is 544. The van der Waals surface area contributed by atoms with Gasteiger partial charge in [0, 0.05) is 38.8 Å². The Labute approximate surface area is 118 Å². The highest BCUT2D eigenvalue weighted by atomic mass is 16.2. The highest BCUT2D eigenvalue weighted by Gasteiger charge is 2.32. The lowest BCUT2D eigenvalue weighted by molar-refractivity contribution is -0.134. The third kappa shape index (κ3) is 2.35. The molecule has 0 aliphatic carbocycles. The number of carbonyl (C=O) groups excluding carboxylic acids is 2. The number of carbonyl (C=O) groups is 2. The topological polar surface area (TPSA) is 52.7 Å². The molecule has 1 unspecified atom stereocenters. The highest BCUT2D eigenvalue weighted by molar-refractivity contribution is 5.91. The van der Waals surface area contributed by atoms with Crippen LogP contribution in [-0.4, -0.2) is 42.9 Å². The lowest BCUT2D eigenvalue weighted by atomic mass is 10.1. The number of para-hydroxylation sites is 1. The Kier molecular flexibility index (Phi) is 3.34. The number of nitrogens with zero attached hydrogens (tertiary/aromatic N) is 2. The first-order valence-corrected chi connectivity index (χ1v) is 7.02. The molecular formula is C15H19N3O2. The van der Waals surface area contributed by atoms with Gasteiger partial charge in [0.1, 0.15) is 6.04 Å². The molecule has 1 atom stereocenters. The summed E-state index contributed by atoms with van der Waals surface area (Å²) >= 11 is 0. The largest absolute Gasteiger partial charge is 0.373 e. The summed E-state index contributed by atoms with van der Waals surface area (Å²) in [6.07, 6.45) is 1.08. The maximum atomic E-state index is 12.5. The SMILES string of the molecule is CN1CCN(C(=O)C2CCC(=O)N2)Cc2ccccc21. The third-order valence-corrected chi connectivity index (χ3v) is 4.07. The second kappa shape index (κ2) is 5.15. The van der Waals surface area contributed by atoms with E-state index in [1.54, 1.807) is 0 Å². The van der Waals surface area contributed by atoms with Gasteiger partial charge in [-0.05, 0) is 18.1 Å². The maximum Gasteiger partial charge on any atom is 0.245 e. The van der Waals surface area contributed by atoms with Crippen molar-refractivity contribution in [2.75, 3.05) is 25.0 Å². The van der Waals surface area contributed by atoms with Gasteiger partial charge in [0.25, 0.3) is 0 Å². The van der Waals surface area contributed by atoms with Gasteiger partial charge < -0.3 is 15.1 Å². The van der Waals surface area contributed by atoms with Crippen LogP contribution in [0.3, 0.4) is 0 Å². The quantitative estimate of drug-likeness (QED) is 0.821. The first kappa shape index (κ1) is 13.0. The summed E-state index contributed by atoms with van der Waals surface area (Å²) in [5.41, 5.74) is 2.34. The summed E-state index contributed by atoms with van der Waals surface area (Å²) in [5.74, 6) is 0.0247. The Balaban J connectivity index is 1.79. The van der Waals surface area contributed by atoms with E-state index in [1.807, 2.05) is 24.1 Å². The normalized spacial score (nSPS) is 22.2. The minimum atomic E-state index is -0.335. The van der Waals surface area contributed by atoms with Crippen LogP contribution in [0.4, 0.5) is 5.69 Å². The number of anilines is 1. The standard InChI is InChI=1S/C15H19N3O2/c1-17-8-9-18(10-11-4-2-3-5-13(11)17)15(20)12-6-7-14(19)16-12/h2-5,12H,6-10H2,1H3,(H,16,19). The van der Waals surface area contributed by atoms with E-state index < -0.39 is 0 Å². The number of likely N-dealkylation sites (N-methyl/N-ethyl adjacent to an activating group) is 1. The number of benzene rings is 1. The Morgan fingerprint density at radius 2 is 2.10 bits per heavy atom. The molecule has 5 heteroatoms. The number of nitrogens with one attached hydrogen (secondary N) is 1. The minimum Gasteiger partial charge on any atom is -0.373 e. The monoisotopic (exact) mass is 273 g/mol. The van der Waals surface area contributed by atoms with Crippen LogP contribution < -0.4 is 10.2 Å². The molecule has 2 aliphatic rings. The first-order valence-electron chi connectivity index (χ1n) is 7.02. The van der Waals surface area contributed by atoms with E-state index in [-0.39, 0.29) is 17.9 Å². The summed E-state index contributed by atoms with van der Waals surface area (Å²) in [7, 11) is 2.05. The summed E-state index contributed by atoms with van der Waals surface area (Å²) < 4.78 is 0. The molecule has 0 saturated carbocycles. The summed E-state index contributed by atoms with van der Waals surface area (Å²) in [6.45, 7) is 2.12. The van der Waals surface area contributed by atoms with E-state index >= 15 is 0 Å². The molecule has 1 N–H and O–H groups in total. The maximum absolute atomic E-state index is 12.5. The van der Waals surface area contributed by atoms with Crippen LogP contribution >= 0.6 is 0 Å². The van der Waals surface area contributed by atoms with Crippen molar-refractivity contribution in [2.24, 2.45) is 0 Å². The van der Waals surface area contributed by atoms with Crippen LogP contribution in [0.15, 0.2) is 24.3 Å². The zero-order valence-corrected chi connectivity index (χ0v) is 11.6. The number of amides is 2. The molecule has 3 rings (SSSR count). The number of hydrogen-bond donors (Lipinski definition) is 1. The van der Waals surface area contributed by atoms with Crippen molar-refractivity contribution in [1.82, 2.24) is 10.2 Å². The molecule has 1 fully saturated rings. The Hall–Kier alpha value is -2.04. The Morgan fingerprint density at radius 1 is 1.30 bits per heavy atom. The average molecular weight is 273 g/mol. The van der Waals surface area contributed by atoms with Crippen molar-refractivity contribution in [3.8, 4) is 0 Å². The molecule has 5 nitrogen and oxygen atoms in total. The van der Waals surface area contributed by atoms with E-state index in [9.17, 15) is 9.59 Å². The summed E-state index contributed by atoms with van der Waals surface area (Å²) in [6, 6.07) is 7.82. The molecule has 1 saturated heterocycles. The smallest absolute Gasteiger partial charge is 0.245 e. The predicted molar refractivity (Wildman–Crippen MR) is 76.3 cm³/mol. The van der Waals surface area contributed by atoms with Crippen molar-refractivity contribution in [3.63, 3.8) is 0 Å². The number of hydrogen-bond acceptors (Lipinski definition) is 3. The first-order chi connectivity index (χ1) is 9.65. The van der Waals surface area contributed by atoms with Gasteiger partial charge in [0.15, 0.2) is 0 Å². The van der Waals surface area contributed by atoms with Crippen molar-refractivity contribution >= 4 is 17.5 Å². The summed E-state index contributed by atoms with van der Waals surface area (Å²) in [4.78, 5) is 27.8. The average Bonchev–Trinajstić information content (AvgIpc) is 2.81. The van der Waals surface area contributed by atoms with Gasteiger partial charge in [0.05, 0.1) is 0 Å². The van der Waals surface area contributed by atoms with Crippen LogP contribution in [0.25, 0.3) is 0 Å². The zero-order chi connectivity index (χ0) is 14.1. The zero-order valence-electron chi connectivity index (χ0n) is 11.6. The van der Waals surface area contributed by atoms with Crippen LogP contribution in [-0.2, 0) is 16.1 Å². The van der Waals surface area contributed by atoms with E-state index in [0.29, 0.717) is 25.9 Å². The van der Waals surface area contributed by atoms with E-state index in [4.69, 9.17) is 0 Å². The second-order valence-electron chi connectivity index (χ2n) is 5.47. The van der Waals surface area contributed by atoms with Crippen LogP contribution in [0, 0.1) is 0 Å². The summed E-state index contributed by atoms with van der Waals surface area (Å²) in [5, 5.41) is 2.76. The van der Waals surface area contributed by atoms with Crippen molar-refractivity contribution in [3.05, 3.63) is 29.8 Å². The number of fused-ring (bicyclic) bond motifs is 1. The van der Waals surface area contributed by atoms with Gasteiger partial charge in [-0.3, -0.25) is 9.59 Å². The molecule has 2 heterocycles. The van der Waals surface area contributed by atoms with E-state index in [0.717, 1.165) is 12.1 Å². The van der Waals surface area contributed by atoms with Crippen LogP contribution in [0.5, 0.6) is 0 Å². The fourth-order valence-corrected chi connectivity index (χ4v) is 2.90. The molecule has 0 aromatic heterocycles. The third-order valence-electron chi connectivity index (χ3n) is 4.07. The molecule has 2 aliphatic heterocycles. The van der Waals surface area contributed by atoms with Gasteiger partial charge in [-0.1, -0.05) is 18.2 Å². The molecule has 0 radical (unpaired) electrons. The molecule has 20 heavy (non-hydrogen) atoms. The van der Waals surface area contributed by atoms with Gasteiger partial charge in [-0.2, -0.15) is 0 Å². The predicted octanol–water partition coefficient (Wildman–Crippen LogP) is 0.744.